The van der Waals surface area contributed by atoms with Crippen molar-refractivity contribution in [2.75, 3.05) is 0 Å². The molecule has 0 radical (unpaired) electrons. The van der Waals surface area contributed by atoms with Gasteiger partial charge >= 0.3 is 0 Å². The Labute approximate surface area is 180 Å². The molecule has 0 aliphatic rings. The van der Waals surface area contributed by atoms with Crippen molar-refractivity contribution in [3.63, 3.8) is 0 Å². The largest absolute Gasteiger partial charge is 0.454 e. The van der Waals surface area contributed by atoms with Crippen molar-refractivity contribution >= 4 is 32.5 Å². The molecule has 2 aromatic heterocycles. The number of aryl methyl sites for hydroxylation is 2. The molecule has 0 saturated carbocycles. The molecule has 2 heteroatoms. The second-order valence-electron chi connectivity index (χ2n) is 8.18. The average molecular weight is 399 g/mol. The fraction of sp³-hybridized carbons (Fsp3) is 0.0690. The predicted molar refractivity (Wildman–Crippen MR) is 129 cm³/mol. The highest BCUT2D eigenvalue weighted by atomic mass is 16.3. The first-order valence-corrected chi connectivity index (χ1v) is 10.6. The van der Waals surface area contributed by atoms with E-state index in [4.69, 9.17) is 9.40 Å². The molecule has 0 fully saturated rings. The van der Waals surface area contributed by atoms with Crippen molar-refractivity contribution in [3.05, 3.63) is 102 Å². The molecule has 31 heavy (non-hydrogen) atoms. The van der Waals surface area contributed by atoms with Gasteiger partial charge in [-0.05, 0) is 64.7 Å². The third-order valence-electron chi connectivity index (χ3n) is 6.18. The van der Waals surface area contributed by atoms with E-state index in [2.05, 4.69) is 92.7 Å². The van der Waals surface area contributed by atoms with Crippen molar-refractivity contribution in [3.8, 4) is 22.6 Å². The molecule has 0 spiro atoms. The van der Waals surface area contributed by atoms with E-state index in [1.54, 1.807) is 0 Å². The minimum atomic E-state index is 0.834. The summed E-state index contributed by atoms with van der Waals surface area (Å²) < 4.78 is 6.42. The molecular formula is C29H21NO. The molecule has 0 unspecified atom stereocenters. The third kappa shape index (κ3) is 2.83. The van der Waals surface area contributed by atoms with Crippen LogP contribution in [-0.4, -0.2) is 4.98 Å². The number of benzene rings is 4. The van der Waals surface area contributed by atoms with Crippen molar-refractivity contribution in [1.82, 2.24) is 4.98 Å². The van der Waals surface area contributed by atoms with Crippen LogP contribution < -0.4 is 0 Å². The fourth-order valence-electron chi connectivity index (χ4n) is 4.66. The second kappa shape index (κ2) is 6.82. The van der Waals surface area contributed by atoms with Crippen molar-refractivity contribution < 1.29 is 4.42 Å². The summed E-state index contributed by atoms with van der Waals surface area (Å²) in [4.78, 5) is 4.70. The molecule has 0 bridgehead atoms. The van der Waals surface area contributed by atoms with Crippen LogP contribution >= 0.6 is 0 Å². The molecule has 0 aliphatic heterocycles. The van der Waals surface area contributed by atoms with E-state index in [0.29, 0.717) is 0 Å². The zero-order valence-electron chi connectivity index (χ0n) is 17.5. The molecule has 148 valence electrons. The van der Waals surface area contributed by atoms with Crippen LogP contribution in [-0.2, 0) is 0 Å². The first kappa shape index (κ1) is 17.9. The van der Waals surface area contributed by atoms with E-state index in [1.807, 2.05) is 12.3 Å². The summed E-state index contributed by atoms with van der Waals surface area (Å²) >= 11 is 0. The molecule has 0 saturated heterocycles. The minimum absolute atomic E-state index is 0.834. The summed E-state index contributed by atoms with van der Waals surface area (Å²) in [6.07, 6.45) is 1.87. The van der Waals surface area contributed by atoms with E-state index in [9.17, 15) is 0 Å². The minimum Gasteiger partial charge on any atom is -0.454 e. The number of pyridine rings is 1. The summed E-state index contributed by atoms with van der Waals surface area (Å²) in [7, 11) is 0. The molecule has 6 aromatic rings. The van der Waals surface area contributed by atoms with Crippen molar-refractivity contribution in [1.29, 1.82) is 0 Å². The lowest BCUT2D eigenvalue weighted by Gasteiger charge is -2.07. The highest BCUT2D eigenvalue weighted by Gasteiger charge is 2.15. The zero-order chi connectivity index (χ0) is 20.9. The zero-order valence-corrected chi connectivity index (χ0v) is 17.5. The summed E-state index contributed by atoms with van der Waals surface area (Å²) in [5.74, 6) is 0.895. The van der Waals surface area contributed by atoms with Gasteiger partial charge in [0, 0.05) is 22.7 Å². The van der Waals surface area contributed by atoms with Gasteiger partial charge in [-0.2, -0.15) is 0 Å². The SMILES string of the molecule is Cc1cccc(C)c1-c1cc2ccnc(-c3ccc4c(ccc5ccccc54)c3)c2o1. The van der Waals surface area contributed by atoms with Crippen LogP contribution in [0.5, 0.6) is 0 Å². The van der Waals surface area contributed by atoms with Gasteiger partial charge in [-0.1, -0.05) is 66.7 Å². The van der Waals surface area contributed by atoms with E-state index in [0.717, 1.165) is 33.6 Å². The fourth-order valence-corrected chi connectivity index (χ4v) is 4.66. The molecule has 0 aliphatic carbocycles. The van der Waals surface area contributed by atoms with Crippen LogP contribution in [0.4, 0.5) is 0 Å². The van der Waals surface area contributed by atoms with Gasteiger partial charge in [-0.3, -0.25) is 4.98 Å². The van der Waals surface area contributed by atoms with Crippen LogP contribution in [0.2, 0.25) is 0 Å². The number of hydrogen-bond acceptors (Lipinski definition) is 2. The van der Waals surface area contributed by atoms with Gasteiger partial charge in [-0.25, -0.2) is 0 Å². The molecule has 6 rings (SSSR count). The molecule has 0 atom stereocenters. The first-order chi connectivity index (χ1) is 15.2. The Balaban J connectivity index is 1.55. The van der Waals surface area contributed by atoms with Gasteiger partial charge in [0.25, 0.3) is 0 Å². The maximum absolute atomic E-state index is 6.42. The monoisotopic (exact) mass is 399 g/mol. The Morgan fingerprint density at radius 3 is 2.29 bits per heavy atom. The number of fused-ring (bicyclic) bond motifs is 4. The van der Waals surface area contributed by atoms with Gasteiger partial charge in [0.15, 0.2) is 5.58 Å². The predicted octanol–water partition coefficient (Wildman–Crippen LogP) is 8.09. The molecule has 2 heterocycles. The molecule has 0 N–H and O–H groups in total. The topological polar surface area (TPSA) is 26.0 Å². The maximum Gasteiger partial charge on any atom is 0.161 e. The van der Waals surface area contributed by atoms with Gasteiger partial charge in [0.05, 0.1) is 0 Å². The van der Waals surface area contributed by atoms with E-state index >= 15 is 0 Å². The summed E-state index contributed by atoms with van der Waals surface area (Å²) in [5, 5.41) is 6.06. The summed E-state index contributed by atoms with van der Waals surface area (Å²) in [6.45, 7) is 4.25. The molecule has 0 amide bonds. The smallest absolute Gasteiger partial charge is 0.161 e. The first-order valence-electron chi connectivity index (χ1n) is 10.6. The van der Waals surface area contributed by atoms with Crippen molar-refractivity contribution in [2.24, 2.45) is 0 Å². The summed E-state index contributed by atoms with van der Waals surface area (Å²) in [5.41, 5.74) is 6.37. The molecule has 2 nitrogen and oxygen atoms in total. The number of aromatic nitrogens is 1. The molecular weight excluding hydrogens is 378 g/mol. The second-order valence-corrected chi connectivity index (χ2v) is 8.18. The Morgan fingerprint density at radius 1 is 0.645 bits per heavy atom. The Hall–Kier alpha value is -3.91. The quantitative estimate of drug-likeness (QED) is 0.275. The lowest BCUT2D eigenvalue weighted by atomic mass is 9.99. The highest BCUT2D eigenvalue weighted by Crippen LogP contribution is 2.37. The van der Waals surface area contributed by atoms with Crippen LogP contribution in [0.15, 0.2) is 95.5 Å². The van der Waals surface area contributed by atoms with Gasteiger partial charge in [0.2, 0.25) is 0 Å². The van der Waals surface area contributed by atoms with Gasteiger partial charge in [-0.15, -0.1) is 0 Å². The lowest BCUT2D eigenvalue weighted by Crippen LogP contribution is -1.86. The number of rotatable bonds is 2. The number of furan rings is 1. The normalized spacial score (nSPS) is 11.5. The van der Waals surface area contributed by atoms with Gasteiger partial charge in [0.1, 0.15) is 11.5 Å². The number of hydrogen-bond donors (Lipinski definition) is 0. The van der Waals surface area contributed by atoms with Crippen LogP contribution in [0.3, 0.4) is 0 Å². The van der Waals surface area contributed by atoms with E-state index in [-0.39, 0.29) is 0 Å². The Bertz CT molecular complexity index is 1590. The van der Waals surface area contributed by atoms with Crippen LogP contribution in [0.1, 0.15) is 11.1 Å². The van der Waals surface area contributed by atoms with E-state index in [1.165, 1.54) is 32.7 Å². The Kier molecular flexibility index (Phi) is 3.94. The average Bonchev–Trinajstić information content (AvgIpc) is 3.22. The van der Waals surface area contributed by atoms with Crippen molar-refractivity contribution in [2.45, 2.75) is 13.8 Å². The maximum atomic E-state index is 6.42. The standard InChI is InChI=1S/C29H21NO/c1-18-6-5-7-19(2)27(18)26-17-23-14-15-30-28(29(23)31-26)22-12-13-25-21(16-22)11-10-20-8-3-4-9-24(20)25/h3-17H,1-2H3. The third-order valence-corrected chi connectivity index (χ3v) is 6.18. The summed E-state index contributed by atoms with van der Waals surface area (Å²) in [6, 6.07) is 29.9. The number of nitrogens with zero attached hydrogens (tertiary/aromatic N) is 1. The lowest BCUT2D eigenvalue weighted by molar-refractivity contribution is 0.630. The molecule has 4 aromatic carbocycles. The van der Waals surface area contributed by atoms with E-state index < -0.39 is 0 Å². The Morgan fingerprint density at radius 2 is 1.42 bits per heavy atom. The van der Waals surface area contributed by atoms with Crippen LogP contribution in [0.25, 0.3) is 55.1 Å². The van der Waals surface area contributed by atoms with Gasteiger partial charge < -0.3 is 4.42 Å². The highest BCUT2D eigenvalue weighted by molar-refractivity contribution is 6.08. The van der Waals surface area contributed by atoms with Crippen LogP contribution in [0, 0.1) is 13.8 Å².